The minimum atomic E-state index is -0.386. The number of furan rings is 1. The van der Waals surface area contributed by atoms with E-state index in [2.05, 4.69) is 20.6 Å². The Kier molecular flexibility index (Phi) is 6.80. The number of hydrogen-bond acceptors (Lipinski definition) is 7. The van der Waals surface area contributed by atoms with Crippen molar-refractivity contribution in [1.29, 1.82) is 0 Å². The number of pyridine rings is 1. The third-order valence-electron chi connectivity index (χ3n) is 4.70. The van der Waals surface area contributed by atoms with Crippen molar-refractivity contribution in [2.75, 3.05) is 5.32 Å². The molecular formula is C24H22N4O4S. The van der Waals surface area contributed by atoms with Crippen LogP contribution in [0.15, 0.2) is 64.7 Å². The first-order valence-corrected chi connectivity index (χ1v) is 11.1. The summed E-state index contributed by atoms with van der Waals surface area (Å²) in [7, 11) is 0. The van der Waals surface area contributed by atoms with E-state index in [-0.39, 0.29) is 24.0 Å². The van der Waals surface area contributed by atoms with E-state index >= 15 is 0 Å². The molecule has 0 saturated carbocycles. The Balaban J connectivity index is 1.25. The molecule has 9 heteroatoms. The van der Waals surface area contributed by atoms with Gasteiger partial charge in [-0.05, 0) is 48.7 Å². The highest BCUT2D eigenvalue weighted by molar-refractivity contribution is 7.14. The summed E-state index contributed by atoms with van der Waals surface area (Å²) >= 11 is 1.25. The topological polar surface area (TPSA) is 106 Å². The number of anilines is 1. The van der Waals surface area contributed by atoms with Crippen LogP contribution in [0.3, 0.4) is 0 Å². The number of thiazole rings is 1. The van der Waals surface area contributed by atoms with Gasteiger partial charge in [0, 0.05) is 24.2 Å². The number of aryl methyl sites for hydroxylation is 2. The summed E-state index contributed by atoms with van der Waals surface area (Å²) in [5.41, 5.74) is 3.57. The van der Waals surface area contributed by atoms with Gasteiger partial charge in [-0.2, -0.15) is 0 Å². The highest BCUT2D eigenvalue weighted by Gasteiger charge is 2.13. The van der Waals surface area contributed by atoms with Crippen molar-refractivity contribution in [2.45, 2.75) is 26.8 Å². The van der Waals surface area contributed by atoms with E-state index in [0.717, 1.165) is 22.4 Å². The molecule has 4 aromatic rings. The third kappa shape index (κ3) is 6.05. The number of carbonyl (C=O) groups excluding carboxylic acids is 2. The van der Waals surface area contributed by atoms with Crippen LogP contribution in [0.25, 0.3) is 0 Å². The maximum absolute atomic E-state index is 12.3. The first-order chi connectivity index (χ1) is 16.0. The smallest absolute Gasteiger partial charge is 0.293 e. The van der Waals surface area contributed by atoms with Crippen LogP contribution in [-0.4, -0.2) is 21.8 Å². The van der Waals surface area contributed by atoms with Crippen LogP contribution < -0.4 is 15.4 Å². The predicted octanol–water partition coefficient (Wildman–Crippen LogP) is 4.65. The molecule has 1 aromatic carbocycles. The summed E-state index contributed by atoms with van der Waals surface area (Å²) in [4.78, 5) is 32.9. The van der Waals surface area contributed by atoms with Crippen LogP contribution in [0.4, 0.5) is 5.13 Å². The number of rotatable bonds is 8. The molecule has 0 aliphatic heterocycles. The number of nitrogens with zero attached hydrogens (tertiary/aromatic N) is 2. The lowest BCUT2D eigenvalue weighted by Crippen LogP contribution is -2.24. The van der Waals surface area contributed by atoms with E-state index in [0.29, 0.717) is 23.3 Å². The van der Waals surface area contributed by atoms with Crippen LogP contribution in [0.2, 0.25) is 0 Å². The Morgan fingerprint density at radius 1 is 1.15 bits per heavy atom. The molecule has 0 radical (unpaired) electrons. The number of benzene rings is 1. The summed E-state index contributed by atoms with van der Waals surface area (Å²) in [6, 6.07) is 12.8. The molecule has 0 atom stereocenters. The van der Waals surface area contributed by atoms with Crippen molar-refractivity contribution in [3.05, 3.63) is 88.4 Å². The maximum atomic E-state index is 12.3. The fourth-order valence-corrected chi connectivity index (χ4v) is 3.65. The molecule has 0 aliphatic carbocycles. The van der Waals surface area contributed by atoms with Crippen molar-refractivity contribution in [3.63, 3.8) is 0 Å². The fourth-order valence-electron chi connectivity index (χ4n) is 2.95. The van der Waals surface area contributed by atoms with Crippen molar-refractivity contribution >= 4 is 28.3 Å². The Labute approximate surface area is 194 Å². The number of ether oxygens (including phenoxy) is 1. The third-order valence-corrected chi connectivity index (χ3v) is 5.51. The zero-order chi connectivity index (χ0) is 23.2. The van der Waals surface area contributed by atoms with Crippen LogP contribution in [0, 0.1) is 13.8 Å². The molecule has 168 valence electrons. The van der Waals surface area contributed by atoms with E-state index in [1.165, 1.54) is 17.6 Å². The number of aromatic nitrogens is 2. The predicted molar refractivity (Wildman–Crippen MR) is 125 cm³/mol. The molecule has 0 aliphatic rings. The summed E-state index contributed by atoms with van der Waals surface area (Å²) in [5.74, 6) is 0.892. The van der Waals surface area contributed by atoms with Crippen molar-refractivity contribution < 1.29 is 18.7 Å². The van der Waals surface area contributed by atoms with Crippen LogP contribution >= 0.6 is 11.3 Å². The first kappa shape index (κ1) is 22.2. The summed E-state index contributed by atoms with van der Waals surface area (Å²) in [6.07, 6.45) is 3.20. The van der Waals surface area contributed by atoms with E-state index in [1.807, 2.05) is 38.1 Å². The average molecular weight is 463 g/mol. The van der Waals surface area contributed by atoms with Crippen LogP contribution in [-0.2, 0) is 17.8 Å². The SMILES string of the molecule is Cc1ccc(C)c(Oc2ccc(CNC(=O)Cc3csc(NC(=O)c4ccco4)n3)cn2)c1. The maximum Gasteiger partial charge on any atom is 0.293 e. The van der Waals surface area contributed by atoms with Gasteiger partial charge in [0.05, 0.1) is 18.4 Å². The van der Waals surface area contributed by atoms with Crippen molar-refractivity contribution in [3.8, 4) is 11.6 Å². The largest absolute Gasteiger partial charge is 0.459 e. The molecule has 0 spiro atoms. The Bertz CT molecular complexity index is 1250. The lowest BCUT2D eigenvalue weighted by Gasteiger charge is -2.09. The quantitative estimate of drug-likeness (QED) is 0.395. The molecule has 3 aromatic heterocycles. The van der Waals surface area contributed by atoms with Gasteiger partial charge in [0.2, 0.25) is 11.8 Å². The normalized spacial score (nSPS) is 10.6. The highest BCUT2D eigenvalue weighted by atomic mass is 32.1. The van der Waals surface area contributed by atoms with Crippen LogP contribution in [0.5, 0.6) is 11.6 Å². The second-order valence-corrected chi connectivity index (χ2v) is 8.26. The Morgan fingerprint density at radius 2 is 2.03 bits per heavy atom. The molecule has 33 heavy (non-hydrogen) atoms. The van der Waals surface area contributed by atoms with E-state index in [9.17, 15) is 9.59 Å². The standard InChI is InChI=1S/C24H22N4O4S/c1-15-5-6-16(2)20(10-15)32-22-8-7-17(13-26-22)12-25-21(29)11-18-14-33-24(27-18)28-23(30)19-4-3-9-31-19/h3-10,13-14H,11-12H2,1-2H3,(H,25,29)(H,27,28,30). The summed E-state index contributed by atoms with van der Waals surface area (Å²) in [6.45, 7) is 4.33. The molecule has 4 rings (SSSR count). The molecule has 8 nitrogen and oxygen atoms in total. The second kappa shape index (κ2) is 10.1. The molecule has 0 fully saturated rings. The van der Waals surface area contributed by atoms with E-state index in [1.54, 1.807) is 29.8 Å². The molecule has 2 amide bonds. The van der Waals surface area contributed by atoms with Crippen molar-refractivity contribution in [1.82, 2.24) is 15.3 Å². The van der Waals surface area contributed by atoms with Gasteiger partial charge in [-0.25, -0.2) is 9.97 Å². The zero-order valence-electron chi connectivity index (χ0n) is 18.1. The monoisotopic (exact) mass is 462 g/mol. The van der Waals surface area contributed by atoms with Gasteiger partial charge in [0.25, 0.3) is 5.91 Å². The average Bonchev–Trinajstić information content (AvgIpc) is 3.48. The molecular weight excluding hydrogens is 440 g/mol. The van der Waals surface area contributed by atoms with E-state index in [4.69, 9.17) is 9.15 Å². The Morgan fingerprint density at radius 3 is 2.79 bits per heavy atom. The molecule has 0 unspecified atom stereocenters. The number of hydrogen-bond donors (Lipinski definition) is 2. The lowest BCUT2D eigenvalue weighted by molar-refractivity contribution is -0.120. The van der Waals surface area contributed by atoms with E-state index < -0.39 is 0 Å². The summed E-state index contributed by atoms with van der Waals surface area (Å²) in [5, 5.41) is 7.64. The molecule has 3 heterocycles. The van der Waals surface area contributed by atoms with Gasteiger partial charge >= 0.3 is 0 Å². The van der Waals surface area contributed by atoms with Gasteiger partial charge in [0.1, 0.15) is 5.75 Å². The second-order valence-electron chi connectivity index (χ2n) is 7.40. The number of nitrogens with one attached hydrogen (secondary N) is 2. The lowest BCUT2D eigenvalue weighted by atomic mass is 10.1. The summed E-state index contributed by atoms with van der Waals surface area (Å²) < 4.78 is 10.9. The van der Waals surface area contributed by atoms with Gasteiger partial charge in [0.15, 0.2) is 10.9 Å². The number of amides is 2. The minimum Gasteiger partial charge on any atom is -0.459 e. The molecule has 0 bridgehead atoms. The van der Waals surface area contributed by atoms with Gasteiger partial charge < -0.3 is 14.5 Å². The molecule has 0 saturated heterocycles. The van der Waals surface area contributed by atoms with Gasteiger partial charge in [-0.1, -0.05) is 18.2 Å². The Hall–Kier alpha value is -3.98. The minimum absolute atomic E-state index is 0.106. The first-order valence-electron chi connectivity index (χ1n) is 10.2. The molecule has 2 N–H and O–H groups in total. The zero-order valence-corrected chi connectivity index (χ0v) is 18.9. The van der Waals surface area contributed by atoms with Crippen molar-refractivity contribution in [2.24, 2.45) is 0 Å². The van der Waals surface area contributed by atoms with Gasteiger partial charge in [-0.15, -0.1) is 11.3 Å². The van der Waals surface area contributed by atoms with Gasteiger partial charge in [-0.3, -0.25) is 14.9 Å². The van der Waals surface area contributed by atoms with Crippen LogP contribution in [0.1, 0.15) is 32.9 Å². The fraction of sp³-hybridized carbons (Fsp3) is 0.167. The highest BCUT2D eigenvalue weighted by Crippen LogP contribution is 2.24. The number of carbonyl (C=O) groups is 2.